The number of amides is 1. The summed E-state index contributed by atoms with van der Waals surface area (Å²) in [4.78, 5) is 38.8. The van der Waals surface area contributed by atoms with Gasteiger partial charge in [0.15, 0.2) is 11.2 Å². The number of para-hydroxylation sites is 1. The largest absolute Gasteiger partial charge is 0.348 e. The van der Waals surface area contributed by atoms with Crippen LogP contribution in [0.4, 0.5) is 0 Å². The summed E-state index contributed by atoms with van der Waals surface area (Å²) in [5.74, 6) is -0.920. The number of hydrogen-bond acceptors (Lipinski definition) is 5. The number of nitrogens with one attached hydrogen (secondary N) is 1. The Morgan fingerprint density at radius 3 is 2.26 bits per heavy atom. The minimum atomic E-state index is -3.90. The Morgan fingerprint density at radius 1 is 1.00 bits per heavy atom. The monoisotopic (exact) mass is 509 g/mol. The van der Waals surface area contributed by atoms with Crippen molar-refractivity contribution >= 4 is 44.2 Å². The molecule has 0 aliphatic rings. The van der Waals surface area contributed by atoms with E-state index in [1.807, 2.05) is 6.07 Å². The van der Waals surface area contributed by atoms with Gasteiger partial charge >= 0.3 is 0 Å². The molecule has 10 heteroatoms. The zero-order chi connectivity index (χ0) is 25.3. The van der Waals surface area contributed by atoms with E-state index in [1.165, 1.54) is 31.2 Å². The van der Waals surface area contributed by atoms with Gasteiger partial charge < -0.3 is 9.88 Å². The van der Waals surface area contributed by atoms with Crippen molar-refractivity contribution in [1.82, 2.24) is 9.88 Å². The normalized spacial score (nSPS) is 11.4. The van der Waals surface area contributed by atoms with Crippen molar-refractivity contribution in [2.24, 2.45) is 5.14 Å². The first-order valence-corrected chi connectivity index (χ1v) is 12.3. The maximum atomic E-state index is 13.4. The Kier molecular flexibility index (Phi) is 6.58. The highest BCUT2D eigenvalue weighted by atomic mass is 35.5. The Balaban J connectivity index is 1.82. The lowest BCUT2D eigenvalue weighted by atomic mass is 10.0. The highest BCUT2D eigenvalue weighted by molar-refractivity contribution is 7.89. The summed E-state index contributed by atoms with van der Waals surface area (Å²) in [6.07, 6.45) is 0. The van der Waals surface area contributed by atoms with E-state index in [0.717, 1.165) is 0 Å². The SMILES string of the molecule is CC(=O)c1c(CNC(=O)c2ccc(S(N)(=O)=O)cc2)c(=O)c2ccc(Cl)cc2n1-c1ccccc1. The van der Waals surface area contributed by atoms with Crippen molar-refractivity contribution in [3.63, 3.8) is 0 Å². The molecule has 0 fully saturated rings. The molecule has 0 atom stereocenters. The lowest BCUT2D eigenvalue weighted by molar-refractivity contribution is 0.0946. The molecule has 0 aliphatic heterocycles. The van der Waals surface area contributed by atoms with Crippen LogP contribution in [0.3, 0.4) is 0 Å². The molecule has 0 spiro atoms. The van der Waals surface area contributed by atoms with Gasteiger partial charge in [0.25, 0.3) is 5.91 Å². The van der Waals surface area contributed by atoms with Crippen LogP contribution in [0, 0.1) is 0 Å². The maximum absolute atomic E-state index is 13.4. The molecule has 0 saturated carbocycles. The number of ketones is 1. The lowest BCUT2D eigenvalue weighted by Crippen LogP contribution is -2.30. The summed E-state index contributed by atoms with van der Waals surface area (Å²) >= 11 is 6.21. The van der Waals surface area contributed by atoms with Gasteiger partial charge in [0.05, 0.1) is 16.1 Å². The number of hydrogen-bond donors (Lipinski definition) is 2. The molecule has 4 aromatic rings. The molecule has 178 valence electrons. The average Bonchev–Trinajstić information content (AvgIpc) is 2.82. The Morgan fingerprint density at radius 2 is 1.66 bits per heavy atom. The van der Waals surface area contributed by atoms with E-state index in [0.29, 0.717) is 21.6 Å². The highest BCUT2D eigenvalue weighted by Gasteiger charge is 2.22. The molecular formula is C25H20ClN3O5S. The predicted octanol–water partition coefficient (Wildman–Crippen LogP) is 3.42. The van der Waals surface area contributed by atoms with Crippen LogP contribution >= 0.6 is 11.6 Å². The number of fused-ring (bicyclic) bond motifs is 1. The maximum Gasteiger partial charge on any atom is 0.251 e. The summed E-state index contributed by atoms with van der Waals surface area (Å²) < 4.78 is 24.5. The van der Waals surface area contributed by atoms with Crippen LogP contribution in [0.15, 0.2) is 82.5 Å². The van der Waals surface area contributed by atoms with Crippen molar-refractivity contribution < 1.29 is 18.0 Å². The van der Waals surface area contributed by atoms with E-state index in [4.69, 9.17) is 16.7 Å². The van der Waals surface area contributed by atoms with Crippen LogP contribution in [-0.2, 0) is 16.6 Å². The first-order valence-electron chi connectivity index (χ1n) is 10.4. The summed E-state index contributed by atoms with van der Waals surface area (Å²) in [5, 5.41) is 8.48. The quantitative estimate of drug-likeness (QED) is 0.385. The number of halogens is 1. The number of rotatable bonds is 6. The number of carbonyl (C=O) groups is 2. The minimum Gasteiger partial charge on any atom is -0.348 e. The zero-order valence-corrected chi connectivity index (χ0v) is 20.1. The van der Waals surface area contributed by atoms with Gasteiger partial charge in [0, 0.05) is 40.7 Å². The number of Topliss-reactive ketones (excluding diaryl/α,β-unsaturated/α-hetero) is 1. The molecule has 0 bridgehead atoms. The molecule has 1 heterocycles. The van der Waals surface area contributed by atoms with Crippen molar-refractivity contribution in [3.8, 4) is 5.69 Å². The smallest absolute Gasteiger partial charge is 0.251 e. The number of nitrogens with zero attached hydrogens (tertiary/aromatic N) is 1. The summed E-state index contributed by atoms with van der Waals surface area (Å²) in [7, 11) is -3.90. The Bertz CT molecular complexity index is 1630. The van der Waals surface area contributed by atoms with Crippen molar-refractivity contribution in [2.45, 2.75) is 18.4 Å². The molecule has 0 radical (unpaired) electrons. The third-order valence-electron chi connectivity index (χ3n) is 5.45. The van der Waals surface area contributed by atoms with Gasteiger partial charge in [0.2, 0.25) is 10.0 Å². The van der Waals surface area contributed by atoms with E-state index < -0.39 is 21.4 Å². The van der Waals surface area contributed by atoms with Crippen molar-refractivity contribution in [1.29, 1.82) is 0 Å². The number of sulfonamides is 1. The van der Waals surface area contributed by atoms with Gasteiger partial charge in [-0.25, -0.2) is 13.6 Å². The number of pyridine rings is 1. The van der Waals surface area contributed by atoms with Gasteiger partial charge in [-0.1, -0.05) is 29.8 Å². The second kappa shape index (κ2) is 9.46. The van der Waals surface area contributed by atoms with Crippen LogP contribution in [0.25, 0.3) is 16.6 Å². The molecule has 35 heavy (non-hydrogen) atoms. The van der Waals surface area contributed by atoms with E-state index in [-0.39, 0.29) is 34.0 Å². The number of nitrogens with two attached hydrogens (primary N) is 1. The fourth-order valence-electron chi connectivity index (χ4n) is 3.85. The molecule has 3 aromatic carbocycles. The van der Waals surface area contributed by atoms with Gasteiger partial charge in [-0.05, 0) is 54.6 Å². The molecule has 1 amide bonds. The van der Waals surface area contributed by atoms with Crippen LogP contribution in [0.5, 0.6) is 0 Å². The van der Waals surface area contributed by atoms with Gasteiger partial charge in [0.1, 0.15) is 0 Å². The lowest BCUT2D eigenvalue weighted by Gasteiger charge is -2.19. The van der Waals surface area contributed by atoms with Crippen LogP contribution in [-0.4, -0.2) is 24.7 Å². The summed E-state index contributed by atoms with van der Waals surface area (Å²) in [6.45, 7) is 1.12. The molecular weight excluding hydrogens is 490 g/mol. The topological polar surface area (TPSA) is 128 Å². The highest BCUT2D eigenvalue weighted by Crippen LogP contribution is 2.25. The summed E-state index contributed by atoms with van der Waals surface area (Å²) in [5.41, 5.74) is 1.12. The fourth-order valence-corrected chi connectivity index (χ4v) is 4.54. The molecule has 1 aromatic heterocycles. The Hall–Kier alpha value is -3.79. The first kappa shape index (κ1) is 24.3. The van der Waals surface area contributed by atoms with Crippen LogP contribution < -0.4 is 15.9 Å². The number of primary sulfonamides is 1. The van der Waals surface area contributed by atoms with E-state index in [2.05, 4.69) is 5.32 Å². The van der Waals surface area contributed by atoms with E-state index in [1.54, 1.807) is 47.0 Å². The zero-order valence-electron chi connectivity index (χ0n) is 18.5. The van der Waals surface area contributed by atoms with Crippen molar-refractivity contribution in [3.05, 3.63) is 105 Å². The van der Waals surface area contributed by atoms with Gasteiger partial charge in [-0.15, -0.1) is 0 Å². The molecule has 0 saturated heterocycles. The molecule has 8 nitrogen and oxygen atoms in total. The standard InChI is InChI=1S/C25H20ClN3O5S/c1-15(30)23-21(14-28-25(32)16-7-10-19(11-8-16)35(27,33)34)24(31)20-12-9-17(26)13-22(20)29(23)18-5-3-2-4-6-18/h2-13H,14H2,1H3,(H,28,32)(H2,27,33,34). The minimum absolute atomic E-state index is 0.116. The van der Waals surface area contributed by atoms with Crippen molar-refractivity contribution in [2.75, 3.05) is 0 Å². The number of benzene rings is 3. The second-order valence-electron chi connectivity index (χ2n) is 7.80. The number of aromatic nitrogens is 1. The second-order valence-corrected chi connectivity index (χ2v) is 9.79. The average molecular weight is 510 g/mol. The van der Waals surface area contributed by atoms with Gasteiger partial charge in [-0.3, -0.25) is 14.4 Å². The number of carbonyl (C=O) groups excluding carboxylic acids is 2. The van der Waals surface area contributed by atoms with Gasteiger partial charge in [-0.2, -0.15) is 0 Å². The fraction of sp³-hybridized carbons (Fsp3) is 0.0800. The van der Waals surface area contributed by atoms with E-state index in [9.17, 15) is 22.8 Å². The van der Waals surface area contributed by atoms with E-state index >= 15 is 0 Å². The molecule has 3 N–H and O–H groups in total. The third-order valence-corrected chi connectivity index (χ3v) is 6.61. The van der Waals surface area contributed by atoms with Crippen LogP contribution in [0.1, 0.15) is 33.3 Å². The predicted molar refractivity (Wildman–Crippen MR) is 134 cm³/mol. The Labute approximate surface area is 206 Å². The molecule has 4 rings (SSSR count). The van der Waals surface area contributed by atoms with Crippen LogP contribution in [0.2, 0.25) is 5.02 Å². The first-order chi connectivity index (χ1) is 16.6. The third kappa shape index (κ3) is 4.88. The summed E-state index contributed by atoms with van der Waals surface area (Å²) in [6, 6.07) is 18.9. The molecule has 0 unspecified atom stereocenters. The molecule has 0 aliphatic carbocycles.